The van der Waals surface area contributed by atoms with Gasteiger partial charge in [-0.1, -0.05) is 111 Å². The van der Waals surface area contributed by atoms with Crippen LogP contribution in [0.4, 0.5) is 0 Å². The van der Waals surface area contributed by atoms with E-state index in [9.17, 15) is 19.2 Å². The van der Waals surface area contributed by atoms with Crippen LogP contribution in [0.25, 0.3) is 0 Å². The third kappa shape index (κ3) is 59.0. The number of esters is 4. The summed E-state index contributed by atoms with van der Waals surface area (Å²) < 4.78 is 39.3. The molecule has 12 nitrogen and oxygen atoms in total. The maximum Gasteiger partial charge on any atom is 0.306 e. The number of methoxy groups -OCH3 is 5. The van der Waals surface area contributed by atoms with Gasteiger partial charge in [0.2, 0.25) is 0 Å². The van der Waals surface area contributed by atoms with Crippen LogP contribution in [0.15, 0.2) is 0 Å². The molecule has 0 radical (unpaired) electrons. The van der Waals surface area contributed by atoms with Gasteiger partial charge in [-0.3, -0.25) is 19.2 Å². The van der Waals surface area contributed by atoms with Gasteiger partial charge in [0.25, 0.3) is 0 Å². The minimum atomic E-state index is -0.304. The van der Waals surface area contributed by atoms with Crippen molar-refractivity contribution in [2.45, 2.75) is 164 Å². The maximum atomic E-state index is 10.7. The van der Waals surface area contributed by atoms with Crippen molar-refractivity contribution < 1.29 is 57.1 Å². The van der Waals surface area contributed by atoms with E-state index < -0.39 is 0 Å². The predicted molar refractivity (Wildman–Crippen MR) is 219 cm³/mol. The molecule has 0 saturated heterocycles. The highest BCUT2D eigenvalue weighted by atomic mass is 16.7. The Bertz CT molecular complexity index is 917. The quantitative estimate of drug-likeness (QED) is 0.106. The zero-order chi connectivity index (χ0) is 43.4. The standard InChI is InChI=1S/C12H22O4.C8H18O2.C7H16O2.2C7H14O2.CH4/c1-9(13)15-7-11(6-12(3,4)5)8-16-10(2)14;1-8(2,3)6-7(9-4)10-5;1-7(2,3)6(8-4)9-5;1-7(2,3)5-6(8)9-4;1-6(8)9-5-7(2,3)4;/h11H,6-8H2,1-5H3;7H,6H2,1-5H3;6H,1-5H3;2*5H2,1-4H3;1H4. The number of rotatable bonds is 12. The first kappa shape index (κ1) is 63.7. The monoisotopic (exact) mass is 785 g/mol. The van der Waals surface area contributed by atoms with E-state index in [2.05, 4.69) is 67.1 Å². The molecular formula is C42H88O12. The van der Waals surface area contributed by atoms with Crippen molar-refractivity contribution in [1.29, 1.82) is 0 Å². The van der Waals surface area contributed by atoms with E-state index in [0.717, 1.165) is 12.8 Å². The molecule has 0 aliphatic rings. The van der Waals surface area contributed by atoms with Gasteiger partial charge in [-0.2, -0.15) is 0 Å². The fourth-order valence-electron chi connectivity index (χ4n) is 3.89. The zero-order valence-electron chi connectivity index (χ0n) is 38.4. The van der Waals surface area contributed by atoms with Gasteiger partial charge in [0.05, 0.1) is 33.4 Å². The molecule has 0 N–H and O–H groups in total. The number of ether oxygens (including phenoxy) is 8. The second kappa shape index (κ2) is 31.9. The molecule has 328 valence electrons. The summed E-state index contributed by atoms with van der Waals surface area (Å²) in [4.78, 5) is 42.3. The number of carbonyl (C=O) groups is 4. The molecular weight excluding hydrogens is 696 g/mol. The van der Waals surface area contributed by atoms with Crippen LogP contribution < -0.4 is 0 Å². The molecule has 0 fully saturated rings. The number of hydrogen-bond donors (Lipinski definition) is 0. The number of carbonyl (C=O) groups excluding carboxylic acids is 4. The molecule has 0 aromatic rings. The van der Waals surface area contributed by atoms with E-state index in [4.69, 9.17) is 33.2 Å². The van der Waals surface area contributed by atoms with Crippen molar-refractivity contribution in [3.8, 4) is 0 Å². The average molecular weight is 785 g/mol. The molecule has 0 heterocycles. The summed E-state index contributed by atoms with van der Waals surface area (Å²) in [6, 6.07) is 0. The first-order chi connectivity index (χ1) is 23.6. The van der Waals surface area contributed by atoms with Crippen molar-refractivity contribution in [2.75, 3.05) is 55.4 Å². The first-order valence-corrected chi connectivity index (χ1v) is 18.2. The van der Waals surface area contributed by atoms with Crippen LogP contribution in [-0.2, 0) is 57.1 Å². The van der Waals surface area contributed by atoms with E-state index in [1.54, 1.807) is 28.4 Å². The third-order valence-electron chi connectivity index (χ3n) is 6.00. The van der Waals surface area contributed by atoms with Crippen LogP contribution in [0.3, 0.4) is 0 Å². The maximum absolute atomic E-state index is 10.7. The lowest BCUT2D eigenvalue weighted by molar-refractivity contribution is -0.161. The topological polar surface area (TPSA) is 142 Å². The molecule has 0 spiro atoms. The Balaban J connectivity index is -0.000000136. The van der Waals surface area contributed by atoms with E-state index in [1.165, 1.54) is 27.9 Å². The van der Waals surface area contributed by atoms with Gasteiger partial charge in [-0.15, -0.1) is 0 Å². The minimum absolute atomic E-state index is 0. The Morgan fingerprint density at radius 3 is 0.963 bits per heavy atom. The molecule has 0 aromatic carbocycles. The van der Waals surface area contributed by atoms with Crippen LogP contribution in [0, 0.1) is 33.0 Å². The van der Waals surface area contributed by atoms with Crippen LogP contribution in [0.1, 0.15) is 151 Å². The van der Waals surface area contributed by atoms with Crippen molar-refractivity contribution in [3.63, 3.8) is 0 Å². The largest absolute Gasteiger partial charge is 0.469 e. The molecule has 0 rings (SSSR count). The van der Waals surface area contributed by atoms with Gasteiger partial charge < -0.3 is 37.9 Å². The summed E-state index contributed by atoms with van der Waals surface area (Å²) in [6.45, 7) is 36.4. The second-order valence-corrected chi connectivity index (χ2v) is 18.7. The molecule has 0 aliphatic heterocycles. The summed E-state index contributed by atoms with van der Waals surface area (Å²) >= 11 is 0. The van der Waals surface area contributed by atoms with Crippen molar-refractivity contribution in [1.82, 2.24) is 0 Å². The molecule has 54 heavy (non-hydrogen) atoms. The molecule has 0 aliphatic carbocycles. The van der Waals surface area contributed by atoms with E-state index >= 15 is 0 Å². The molecule has 12 heteroatoms. The van der Waals surface area contributed by atoms with Crippen LogP contribution in [0.2, 0.25) is 0 Å². The summed E-state index contributed by atoms with van der Waals surface area (Å²) in [5.74, 6) is -0.885. The fraction of sp³-hybridized carbons (Fsp3) is 0.905. The molecule has 0 bridgehead atoms. The molecule has 0 amide bonds. The molecule has 0 saturated carbocycles. The third-order valence-corrected chi connectivity index (χ3v) is 6.00. The summed E-state index contributed by atoms with van der Waals surface area (Å²) in [5.41, 5.74) is 0.601. The summed E-state index contributed by atoms with van der Waals surface area (Å²) in [5, 5.41) is 0. The van der Waals surface area contributed by atoms with Crippen LogP contribution in [-0.4, -0.2) is 91.8 Å². The smallest absolute Gasteiger partial charge is 0.306 e. The normalized spacial score (nSPS) is 11.5. The Morgan fingerprint density at radius 1 is 0.481 bits per heavy atom. The second-order valence-electron chi connectivity index (χ2n) is 18.7. The van der Waals surface area contributed by atoms with Gasteiger partial charge >= 0.3 is 23.9 Å². The van der Waals surface area contributed by atoms with Gasteiger partial charge in [0.15, 0.2) is 12.6 Å². The van der Waals surface area contributed by atoms with E-state index in [-0.39, 0.29) is 76.9 Å². The number of hydrogen-bond acceptors (Lipinski definition) is 12. The van der Waals surface area contributed by atoms with Crippen LogP contribution >= 0.6 is 0 Å². The van der Waals surface area contributed by atoms with Crippen LogP contribution in [0.5, 0.6) is 0 Å². The Kier molecular flexibility index (Phi) is 37.6. The highest BCUT2D eigenvalue weighted by Gasteiger charge is 2.23. The predicted octanol–water partition coefficient (Wildman–Crippen LogP) is 9.69. The molecule has 0 aromatic heterocycles. The van der Waals surface area contributed by atoms with Gasteiger partial charge in [0.1, 0.15) is 0 Å². The highest BCUT2D eigenvalue weighted by molar-refractivity contribution is 5.69. The minimum Gasteiger partial charge on any atom is -0.469 e. The molecule has 0 atom stereocenters. The Morgan fingerprint density at radius 2 is 0.833 bits per heavy atom. The lowest BCUT2D eigenvalue weighted by Crippen LogP contribution is -2.29. The van der Waals surface area contributed by atoms with Gasteiger partial charge in [0, 0.05) is 67.0 Å². The summed E-state index contributed by atoms with van der Waals surface area (Å²) in [6.07, 6.45) is 2.11. The highest BCUT2D eigenvalue weighted by Crippen LogP contribution is 2.25. The molecule has 0 unspecified atom stereocenters. The Labute approximate surface area is 332 Å². The van der Waals surface area contributed by atoms with E-state index in [0.29, 0.717) is 26.2 Å². The zero-order valence-corrected chi connectivity index (χ0v) is 38.4. The Hall–Kier alpha value is -2.28. The van der Waals surface area contributed by atoms with Crippen molar-refractivity contribution in [3.05, 3.63) is 0 Å². The van der Waals surface area contributed by atoms with Gasteiger partial charge in [-0.25, -0.2) is 0 Å². The van der Waals surface area contributed by atoms with Crippen molar-refractivity contribution in [2.24, 2.45) is 33.0 Å². The average Bonchev–Trinajstić information content (AvgIpc) is 2.95. The lowest BCUT2D eigenvalue weighted by Gasteiger charge is -2.27. The SMILES string of the molecule is C.CC(=O)OCC(C)(C)C.CC(=O)OCC(COC(C)=O)CC(C)(C)C.COC(=O)CC(C)(C)C.COC(CC(C)(C)C)OC.COC(OC)C(C)(C)C. The summed E-state index contributed by atoms with van der Waals surface area (Å²) in [7, 11) is 8.05. The fourth-order valence-corrected chi connectivity index (χ4v) is 3.89. The lowest BCUT2D eigenvalue weighted by atomic mass is 9.85. The van der Waals surface area contributed by atoms with Gasteiger partial charge in [-0.05, 0) is 28.1 Å². The van der Waals surface area contributed by atoms with Crippen molar-refractivity contribution >= 4 is 23.9 Å². The van der Waals surface area contributed by atoms with E-state index in [1.807, 2.05) is 41.5 Å². The first-order valence-electron chi connectivity index (χ1n) is 18.2.